The van der Waals surface area contributed by atoms with Crippen molar-refractivity contribution in [2.45, 2.75) is 31.8 Å². The lowest BCUT2D eigenvalue weighted by atomic mass is 10.2. The minimum absolute atomic E-state index is 0.101. The molecule has 28 heavy (non-hydrogen) atoms. The van der Waals surface area contributed by atoms with Crippen LogP contribution in [0.2, 0.25) is 0 Å². The molecule has 4 rings (SSSR count). The Morgan fingerprint density at radius 1 is 1.29 bits per heavy atom. The van der Waals surface area contributed by atoms with E-state index in [0.29, 0.717) is 36.2 Å². The molecule has 142 valence electrons. The van der Waals surface area contributed by atoms with Crippen LogP contribution < -0.4 is 15.8 Å². The standard InChI is InChI=1S/C19H20N8O/c1-2-28-17-13(7-20)3-4-16(26-17)14-8-22-18(23-9-14)25-15-10-24-27(11-15)12-19(21)5-6-19/h3-4,8-11H,2,5-6,12,21H2,1H3,(H,22,23,25). The Kier molecular flexibility index (Phi) is 4.63. The van der Waals surface area contributed by atoms with Crippen molar-refractivity contribution in [3.05, 3.63) is 42.5 Å². The van der Waals surface area contributed by atoms with Crippen molar-refractivity contribution in [1.29, 1.82) is 5.26 Å². The van der Waals surface area contributed by atoms with Crippen molar-refractivity contribution in [1.82, 2.24) is 24.7 Å². The van der Waals surface area contributed by atoms with Crippen LogP contribution >= 0.6 is 0 Å². The maximum Gasteiger partial charge on any atom is 0.232 e. The first kappa shape index (κ1) is 17.9. The molecule has 3 N–H and O–H groups in total. The highest BCUT2D eigenvalue weighted by Gasteiger charge is 2.38. The van der Waals surface area contributed by atoms with Gasteiger partial charge in [0.05, 0.1) is 30.7 Å². The molecule has 0 bridgehead atoms. The van der Waals surface area contributed by atoms with Crippen LogP contribution in [0.5, 0.6) is 5.88 Å². The van der Waals surface area contributed by atoms with E-state index in [2.05, 4.69) is 31.4 Å². The number of nitrogens with two attached hydrogens (primary N) is 1. The van der Waals surface area contributed by atoms with Gasteiger partial charge < -0.3 is 15.8 Å². The summed E-state index contributed by atoms with van der Waals surface area (Å²) >= 11 is 0. The summed E-state index contributed by atoms with van der Waals surface area (Å²) in [5, 5.41) is 16.6. The van der Waals surface area contributed by atoms with Gasteiger partial charge >= 0.3 is 0 Å². The largest absolute Gasteiger partial charge is 0.477 e. The summed E-state index contributed by atoms with van der Waals surface area (Å²) in [6.07, 6.45) is 9.02. The van der Waals surface area contributed by atoms with Gasteiger partial charge in [0, 0.05) is 29.7 Å². The van der Waals surface area contributed by atoms with E-state index >= 15 is 0 Å². The van der Waals surface area contributed by atoms with Gasteiger partial charge in [-0.15, -0.1) is 0 Å². The maximum absolute atomic E-state index is 9.13. The quantitative estimate of drug-likeness (QED) is 0.642. The van der Waals surface area contributed by atoms with Gasteiger partial charge in [-0.05, 0) is 31.9 Å². The van der Waals surface area contributed by atoms with E-state index in [1.165, 1.54) is 0 Å². The molecular formula is C19H20N8O. The number of hydrogen-bond donors (Lipinski definition) is 2. The highest BCUT2D eigenvalue weighted by Crippen LogP contribution is 2.33. The number of nitrogens with one attached hydrogen (secondary N) is 1. The Morgan fingerprint density at radius 3 is 2.75 bits per heavy atom. The van der Waals surface area contributed by atoms with Crippen LogP contribution in [0.3, 0.4) is 0 Å². The zero-order valence-corrected chi connectivity index (χ0v) is 15.5. The minimum Gasteiger partial charge on any atom is -0.477 e. The average molecular weight is 376 g/mol. The predicted octanol–water partition coefficient (Wildman–Crippen LogP) is 2.24. The molecule has 0 spiro atoms. The molecule has 3 aromatic rings. The molecule has 0 unspecified atom stereocenters. The Labute approximate surface area is 162 Å². The van der Waals surface area contributed by atoms with Crippen molar-refractivity contribution < 1.29 is 4.74 Å². The summed E-state index contributed by atoms with van der Waals surface area (Å²) in [7, 11) is 0. The van der Waals surface area contributed by atoms with Crippen LogP contribution in [0.25, 0.3) is 11.3 Å². The molecule has 0 aromatic carbocycles. The average Bonchev–Trinajstić information content (AvgIpc) is 3.27. The second-order valence-corrected chi connectivity index (χ2v) is 6.80. The van der Waals surface area contributed by atoms with Crippen LogP contribution in [-0.4, -0.2) is 36.9 Å². The zero-order valence-electron chi connectivity index (χ0n) is 15.5. The maximum atomic E-state index is 9.13. The molecule has 1 aliphatic rings. The third-order valence-electron chi connectivity index (χ3n) is 4.47. The monoisotopic (exact) mass is 376 g/mol. The molecule has 0 radical (unpaired) electrons. The lowest BCUT2D eigenvalue weighted by Crippen LogP contribution is -2.28. The summed E-state index contributed by atoms with van der Waals surface area (Å²) in [6, 6.07) is 5.50. The number of ether oxygens (including phenoxy) is 1. The van der Waals surface area contributed by atoms with Crippen LogP contribution in [-0.2, 0) is 6.54 Å². The first-order valence-corrected chi connectivity index (χ1v) is 9.03. The summed E-state index contributed by atoms with van der Waals surface area (Å²) in [6.45, 7) is 2.99. The minimum atomic E-state index is -0.101. The molecule has 9 nitrogen and oxygen atoms in total. The first-order chi connectivity index (χ1) is 13.6. The van der Waals surface area contributed by atoms with Crippen molar-refractivity contribution in [3.8, 4) is 23.2 Å². The number of aromatic nitrogens is 5. The van der Waals surface area contributed by atoms with Gasteiger partial charge in [-0.25, -0.2) is 15.0 Å². The zero-order chi connectivity index (χ0) is 19.6. The molecule has 9 heteroatoms. The molecule has 3 aromatic heterocycles. The van der Waals surface area contributed by atoms with E-state index < -0.39 is 0 Å². The van der Waals surface area contributed by atoms with E-state index in [1.54, 1.807) is 30.7 Å². The molecule has 3 heterocycles. The molecule has 0 saturated heterocycles. The lowest BCUT2D eigenvalue weighted by molar-refractivity contribution is 0.326. The van der Waals surface area contributed by atoms with E-state index in [4.69, 9.17) is 15.7 Å². The van der Waals surface area contributed by atoms with Gasteiger partial charge in [0.25, 0.3) is 0 Å². The van der Waals surface area contributed by atoms with Crippen molar-refractivity contribution >= 4 is 11.6 Å². The van der Waals surface area contributed by atoms with E-state index in [9.17, 15) is 0 Å². The topological polar surface area (TPSA) is 128 Å². The molecule has 1 fully saturated rings. The second-order valence-electron chi connectivity index (χ2n) is 6.80. The van der Waals surface area contributed by atoms with E-state index in [0.717, 1.165) is 24.1 Å². The summed E-state index contributed by atoms with van der Waals surface area (Å²) in [5.41, 5.74) is 8.58. The highest BCUT2D eigenvalue weighted by molar-refractivity contribution is 5.61. The van der Waals surface area contributed by atoms with Gasteiger partial charge in [0.1, 0.15) is 11.6 Å². The van der Waals surface area contributed by atoms with E-state index in [1.807, 2.05) is 17.8 Å². The number of nitrogens with zero attached hydrogens (tertiary/aromatic N) is 6. The van der Waals surface area contributed by atoms with Crippen molar-refractivity contribution in [2.75, 3.05) is 11.9 Å². The predicted molar refractivity (Wildman–Crippen MR) is 103 cm³/mol. The number of anilines is 2. The van der Waals surface area contributed by atoms with Gasteiger partial charge in [-0.2, -0.15) is 10.4 Å². The summed E-state index contributed by atoms with van der Waals surface area (Å²) < 4.78 is 7.26. The van der Waals surface area contributed by atoms with Crippen LogP contribution in [0, 0.1) is 11.3 Å². The Bertz CT molecular complexity index is 1020. The van der Waals surface area contributed by atoms with Gasteiger partial charge in [-0.1, -0.05) is 0 Å². The summed E-state index contributed by atoms with van der Waals surface area (Å²) in [5.74, 6) is 0.765. The summed E-state index contributed by atoms with van der Waals surface area (Å²) in [4.78, 5) is 13.1. The third kappa shape index (κ3) is 3.92. The van der Waals surface area contributed by atoms with Gasteiger partial charge in [0.2, 0.25) is 11.8 Å². The Balaban J connectivity index is 1.47. The van der Waals surface area contributed by atoms with Crippen LogP contribution in [0.15, 0.2) is 36.9 Å². The van der Waals surface area contributed by atoms with Crippen LogP contribution in [0.4, 0.5) is 11.6 Å². The second kappa shape index (κ2) is 7.25. The third-order valence-corrected chi connectivity index (χ3v) is 4.47. The Hall–Kier alpha value is -3.51. The molecule has 0 atom stereocenters. The SMILES string of the molecule is CCOc1nc(-c2cnc(Nc3cnn(CC4(N)CC4)c3)nc2)ccc1C#N. The van der Waals surface area contributed by atoms with Gasteiger partial charge in [-0.3, -0.25) is 4.68 Å². The molecule has 1 aliphatic carbocycles. The van der Waals surface area contributed by atoms with Crippen molar-refractivity contribution in [3.63, 3.8) is 0 Å². The van der Waals surface area contributed by atoms with E-state index in [-0.39, 0.29) is 5.54 Å². The smallest absolute Gasteiger partial charge is 0.232 e. The normalized spacial score (nSPS) is 14.3. The van der Waals surface area contributed by atoms with Gasteiger partial charge in [0.15, 0.2) is 0 Å². The fraction of sp³-hybridized carbons (Fsp3) is 0.316. The molecule has 0 aliphatic heterocycles. The fourth-order valence-electron chi connectivity index (χ4n) is 2.74. The fourth-order valence-corrected chi connectivity index (χ4v) is 2.74. The Morgan fingerprint density at radius 2 is 2.07 bits per heavy atom. The van der Waals surface area contributed by atoms with Crippen LogP contribution in [0.1, 0.15) is 25.3 Å². The molecule has 1 saturated carbocycles. The first-order valence-electron chi connectivity index (χ1n) is 9.03. The molecular weight excluding hydrogens is 356 g/mol. The molecule has 0 amide bonds. The number of pyridine rings is 1. The van der Waals surface area contributed by atoms with Crippen molar-refractivity contribution in [2.24, 2.45) is 5.73 Å². The highest BCUT2D eigenvalue weighted by atomic mass is 16.5. The number of rotatable bonds is 7. The number of hydrogen-bond acceptors (Lipinski definition) is 8. The lowest BCUT2D eigenvalue weighted by Gasteiger charge is -2.08. The number of nitriles is 1.